The van der Waals surface area contributed by atoms with Gasteiger partial charge in [0.15, 0.2) is 5.78 Å². The maximum atomic E-state index is 13.4. The van der Waals surface area contributed by atoms with E-state index in [0.717, 1.165) is 16.5 Å². The van der Waals surface area contributed by atoms with Crippen molar-refractivity contribution >= 4 is 38.3 Å². The van der Waals surface area contributed by atoms with Crippen LogP contribution >= 0.6 is 15.9 Å². The number of hydrogen-bond acceptors (Lipinski definition) is 2. The first-order chi connectivity index (χ1) is 9.99. The molecule has 106 valence electrons. The molecule has 0 aliphatic carbocycles. The topological polar surface area (TPSA) is 58.9 Å². The van der Waals surface area contributed by atoms with Gasteiger partial charge in [0.05, 0.1) is 5.69 Å². The Kier molecular flexibility index (Phi) is 3.29. The fourth-order valence-corrected chi connectivity index (χ4v) is 2.93. The van der Waals surface area contributed by atoms with Gasteiger partial charge in [0.25, 0.3) is 0 Å². The monoisotopic (exact) mass is 346 g/mol. The quantitative estimate of drug-likeness (QED) is 0.539. The molecule has 2 aromatic carbocycles. The molecule has 3 N–H and O–H groups in total. The molecule has 0 saturated heterocycles. The van der Waals surface area contributed by atoms with E-state index in [1.54, 1.807) is 6.20 Å². The van der Waals surface area contributed by atoms with Crippen molar-refractivity contribution in [2.45, 2.75) is 6.92 Å². The molecule has 0 atom stereocenters. The highest BCUT2D eigenvalue weighted by atomic mass is 79.9. The van der Waals surface area contributed by atoms with Gasteiger partial charge in [0.1, 0.15) is 5.82 Å². The molecule has 0 fully saturated rings. The maximum Gasteiger partial charge on any atom is 0.196 e. The third-order valence-corrected chi connectivity index (χ3v) is 4.15. The third-order valence-electron chi connectivity index (χ3n) is 3.49. The van der Waals surface area contributed by atoms with Gasteiger partial charge in [0.2, 0.25) is 0 Å². The Hall–Kier alpha value is -2.14. The van der Waals surface area contributed by atoms with Crippen molar-refractivity contribution in [3.05, 3.63) is 63.5 Å². The molecule has 0 aliphatic heterocycles. The molecular weight excluding hydrogens is 335 g/mol. The lowest BCUT2D eigenvalue weighted by molar-refractivity contribution is 0.103. The lowest BCUT2D eigenvalue weighted by Crippen LogP contribution is -2.04. The fraction of sp³-hybridized carbons (Fsp3) is 0.0625. The van der Waals surface area contributed by atoms with Crippen molar-refractivity contribution in [3.63, 3.8) is 0 Å². The van der Waals surface area contributed by atoms with Gasteiger partial charge in [-0.2, -0.15) is 0 Å². The minimum Gasteiger partial charge on any atom is -0.396 e. The highest BCUT2D eigenvalue weighted by molar-refractivity contribution is 9.10. The molecule has 5 heteroatoms. The van der Waals surface area contributed by atoms with Gasteiger partial charge in [-0.05, 0) is 46.6 Å². The van der Waals surface area contributed by atoms with Gasteiger partial charge in [-0.15, -0.1) is 0 Å². The Morgan fingerprint density at radius 2 is 2.05 bits per heavy atom. The second-order valence-corrected chi connectivity index (χ2v) is 5.74. The molecular formula is C16H12BrFN2O. The number of nitrogen functional groups attached to an aromatic ring is 1. The highest BCUT2D eigenvalue weighted by Gasteiger charge is 2.19. The number of ketones is 1. The first kappa shape index (κ1) is 13.8. The predicted molar refractivity (Wildman–Crippen MR) is 85.0 cm³/mol. The zero-order valence-corrected chi connectivity index (χ0v) is 12.8. The van der Waals surface area contributed by atoms with Crippen LogP contribution < -0.4 is 5.73 Å². The number of nitrogens with one attached hydrogen (secondary N) is 1. The normalized spacial score (nSPS) is 11.0. The van der Waals surface area contributed by atoms with Crippen molar-refractivity contribution < 1.29 is 9.18 Å². The van der Waals surface area contributed by atoms with Crippen molar-refractivity contribution in [1.29, 1.82) is 0 Å². The van der Waals surface area contributed by atoms with E-state index in [1.807, 2.05) is 25.1 Å². The van der Waals surface area contributed by atoms with Gasteiger partial charge in [-0.3, -0.25) is 4.79 Å². The van der Waals surface area contributed by atoms with Crippen LogP contribution in [0.5, 0.6) is 0 Å². The van der Waals surface area contributed by atoms with Gasteiger partial charge in [0, 0.05) is 32.7 Å². The number of benzene rings is 2. The highest BCUT2D eigenvalue weighted by Crippen LogP contribution is 2.29. The summed E-state index contributed by atoms with van der Waals surface area (Å²) < 4.78 is 13.8. The van der Waals surface area contributed by atoms with Crippen LogP contribution in [0.25, 0.3) is 10.9 Å². The summed E-state index contributed by atoms with van der Waals surface area (Å²) in [7, 11) is 0. The molecule has 21 heavy (non-hydrogen) atoms. The van der Waals surface area contributed by atoms with Crippen molar-refractivity contribution in [1.82, 2.24) is 4.98 Å². The van der Waals surface area contributed by atoms with Crippen LogP contribution in [0, 0.1) is 12.7 Å². The summed E-state index contributed by atoms with van der Waals surface area (Å²) in [5.74, 6) is -0.748. The predicted octanol–water partition coefficient (Wildman–Crippen LogP) is 4.19. The van der Waals surface area contributed by atoms with Gasteiger partial charge >= 0.3 is 0 Å². The number of carbonyl (C=O) groups excluding carboxylic acids is 1. The standard InChI is InChI=1S/C16H12BrFN2O/c1-8-3-2-4-14-15(8)10(7-20-14)16(21)9-5-13(19)12(18)6-11(9)17/h2-7,20H,19H2,1H3. The van der Waals surface area contributed by atoms with Crippen LogP contribution in [0.2, 0.25) is 0 Å². The molecule has 3 nitrogen and oxygen atoms in total. The minimum absolute atomic E-state index is 0.0434. The maximum absolute atomic E-state index is 13.4. The summed E-state index contributed by atoms with van der Waals surface area (Å²) in [6, 6.07) is 8.35. The van der Waals surface area contributed by atoms with Crippen LogP contribution in [0.4, 0.5) is 10.1 Å². The van der Waals surface area contributed by atoms with E-state index in [9.17, 15) is 9.18 Å². The SMILES string of the molecule is Cc1cccc2[nH]cc(C(=O)c3cc(N)c(F)cc3Br)c12. The van der Waals surface area contributed by atoms with Gasteiger partial charge in [-0.25, -0.2) is 4.39 Å². The number of halogens is 2. The molecule has 0 unspecified atom stereocenters. The number of aryl methyl sites for hydroxylation is 1. The molecule has 0 bridgehead atoms. The number of rotatable bonds is 2. The molecule has 0 spiro atoms. The second kappa shape index (κ2) is 5.00. The number of carbonyl (C=O) groups is 1. The van der Waals surface area contributed by atoms with E-state index in [0.29, 0.717) is 15.6 Å². The zero-order valence-electron chi connectivity index (χ0n) is 11.2. The van der Waals surface area contributed by atoms with E-state index >= 15 is 0 Å². The number of hydrogen-bond donors (Lipinski definition) is 2. The van der Waals surface area contributed by atoms with E-state index in [-0.39, 0.29) is 11.5 Å². The fourth-order valence-electron chi connectivity index (χ4n) is 2.43. The van der Waals surface area contributed by atoms with E-state index in [1.165, 1.54) is 12.1 Å². The van der Waals surface area contributed by atoms with Crippen LogP contribution in [0.3, 0.4) is 0 Å². The number of anilines is 1. The molecule has 0 aliphatic rings. The molecule has 1 aromatic heterocycles. The van der Waals surface area contributed by atoms with Gasteiger partial charge in [-0.1, -0.05) is 12.1 Å². The summed E-state index contributed by atoms with van der Waals surface area (Å²) >= 11 is 3.22. The lowest BCUT2D eigenvalue weighted by Gasteiger charge is -2.06. The molecule has 1 heterocycles. The molecule has 3 aromatic rings. The Morgan fingerprint density at radius 3 is 2.81 bits per heavy atom. The zero-order chi connectivity index (χ0) is 15.1. The molecule has 0 radical (unpaired) electrons. The Bertz CT molecular complexity index is 870. The van der Waals surface area contributed by atoms with Crippen LogP contribution in [0.1, 0.15) is 21.5 Å². The lowest BCUT2D eigenvalue weighted by atomic mass is 9.99. The Balaban J connectivity index is 2.20. The molecule has 0 amide bonds. The Morgan fingerprint density at radius 1 is 1.29 bits per heavy atom. The second-order valence-electron chi connectivity index (χ2n) is 4.88. The van der Waals surface area contributed by atoms with Crippen LogP contribution in [0.15, 0.2) is 41.0 Å². The summed E-state index contributed by atoms with van der Waals surface area (Å²) in [6.45, 7) is 1.95. The van der Waals surface area contributed by atoms with Crippen LogP contribution in [-0.4, -0.2) is 10.8 Å². The molecule has 3 rings (SSSR count). The van der Waals surface area contributed by atoms with Crippen LogP contribution in [-0.2, 0) is 0 Å². The number of aromatic nitrogens is 1. The first-order valence-electron chi connectivity index (χ1n) is 6.35. The summed E-state index contributed by atoms with van der Waals surface area (Å²) in [6.07, 6.45) is 1.67. The first-order valence-corrected chi connectivity index (χ1v) is 7.14. The van der Waals surface area contributed by atoms with Gasteiger partial charge < -0.3 is 10.7 Å². The van der Waals surface area contributed by atoms with Crippen molar-refractivity contribution in [2.24, 2.45) is 0 Å². The Labute approximate surface area is 129 Å². The minimum atomic E-state index is -0.548. The molecule has 0 saturated carbocycles. The number of aromatic amines is 1. The summed E-state index contributed by atoms with van der Waals surface area (Å²) in [4.78, 5) is 15.8. The average molecular weight is 347 g/mol. The van der Waals surface area contributed by atoms with Crippen molar-refractivity contribution in [2.75, 3.05) is 5.73 Å². The summed E-state index contributed by atoms with van der Waals surface area (Å²) in [5.41, 5.74) is 8.32. The number of nitrogens with two attached hydrogens (primary N) is 1. The number of H-pyrrole nitrogens is 1. The van der Waals surface area contributed by atoms with E-state index in [4.69, 9.17) is 5.73 Å². The number of fused-ring (bicyclic) bond motifs is 1. The average Bonchev–Trinajstić information content (AvgIpc) is 2.87. The third kappa shape index (κ3) is 2.23. The summed E-state index contributed by atoms with van der Waals surface area (Å²) in [5, 5.41) is 0.872. The van der Waals surface area contributed by atoms with E-state index in [2.05, 4.69) is 20.9 Å². The largest absolute Gasteiger partial charge is 0.396 e. The van der Waals surface area contributed by atoms with E-state index < -0.39 is 5.82 Å². The smallest absolute Gasteiger partial charge is 0.196 e. The van der Waals surface area contributed by atoms with Crippen molar-refractivity contribution in [3.8, 4) is 0 Å².